The van der Waals surface area contributed by atoms with Gasteiger partial charge in [-0.1, -0.05) is 12.1 Å². The molecule has 1 aromatic heterocycles. The maximum atomic E-state index is 12.9. The second-order valence-electron chi connectivity index (χ2n) is 7.44. The number of hydrogen-bond acceptors (Lipinski definition) is 4. The molecule has 154 valence electrons. The minimum Gasteiger partial charge on any atom is -0.335 e. The van der Waals surface area contributed by atoms with Gasteiger partial charge >= 0.3 is 12.2 Å². The lowest BCUT2D eigenvalue weighted by molar-refractivity contribution is -0.137. The van der Waals surface area contributed by atoms with E-state index in [2.05, 4.69) is 20.2 Å². The van der Waals surface area contributed by atoms with E-state index < -0.39 is 11.7 Å². The molecule has 9 heteroatoms. The molecule has 2 fully saturated rings. The number of halogens is 3. The first kappa shape index (κ1) is 19.6. The largest absolute Gasteiger partial charge is 0.416 e. The lowest BCUT2D eigenvalue weighted by atomic mass is 9.97. The van der Waals surface area contributed by atoms with Crippen molar-refractivity contribution in [1.82, 2.24) is 25.1 Å². The number of rotatable bonds is 4. The first-order valence-corrected chi connectivity index (χ1v) is 9.63. The van der Waals surface area contributed by atoms with Gasteiger partial charge in [0.2, 0.25) is 0 Å². The molecule has 1 aromatic carbocycles. The normalized spacial score (nSPS) is 19.1. The summed E-state index contributed by atoms with van der Waals surface area (Å²) in [5, 5.41) is 2.99. The Morgan fingerprint density at radius 3 is 2.17 bits per heavy atom. The molecule has 0 bridgehead atoms. The third kappa shape index (κ3) is 4.67. The molecule has 4 rings (SSSR count). The first-order chi connectivity index (χ1) is 13.9. The standard InChI is InChI=1S/C20H22F3N5O/c21-20(22,23)16-3-1-14(2-4-16)18(15-11-24-13-25-12-15)27-7-9-28(10-8-27)19(29)26-17-5-6-17/h1-4,11-13,17-18H,5-10H2,(H,26,29). The van der Waals surface area contributed by atoms with E-state index in [9.17, 15) is 18.0 Å². The van der Waals surface area contributed by atoms with Crippen LogP contribution in [0.1, 0.15) is 35.6 Å². The van der Waals surface area contributed by atoms with E-state index >= 15 is 0 Å². The zero-order valence-corrected chi connectivity index (χ0v) is 15.8. The molecule has 1 saturated carbocycles. The molecule has 1 aliphatic carbocycles. The Hall–Kier alpha value is -2.68. The summed E-state index contributed by atoms with van der Waals surface area (Å²) in [6.45, 7) is 2.34. The van der Waals surface area contributed by atoms with Crippen LogP contribution in [0.5, 0.6) is 0 Å². The molecule has 1 saturated heterocycles. The van der Waals surface area contributed by atoms with E-state index in [1.54, 1.807) is 17.3 Å². The molecule has 2 aromatic rings. The number of benzene rings is 1. The van der Waals surface area contributed by atoms with E-state index in [1.807, 2.05) is 0 Å². The van der Waals surface area contributed by atoms with Crippen molar-refractivity contribution in [2.45, 2.75) is 31.1 Å². The van der Waals surface area contributed by atoms with E-state index in [-0.39, 0.29) is 12.1 Å². The number of nitrogens with one attached hydrogen (secondary N) is 1. The summed E-state index contributed by atoms with van der Waals surface area (Å²) >= 11 is 0. The number of piperazine rings is 1. The van der Waals surface area contributed by atoms with Gasteiger partial charge in [0.05, 0.1) is 11.6 Å². The van der Waals surface area contributed by atoms with Crippen molar-refractivity contribution in [3.05, 3.63) is 59.7 Å². The highest BCUT2D eigenvalue weighted by atomic mass is 19.4. The molecule has 6 nitrogen and oxygen atoms in total. The van der Waals surface area contributed by atoms with Crippen LogP contribution in [0, 0.1) is 0 Å². The average Bonchev–Trinajstić information content (AvgIpc) is 3.53. The zero-order chi connectivity index (χ0) is 20.4. The summed E-state index contributed by atoms with van der Waals surface area (Å²) in [7, 11) is 0. The SMILES string of the molecule is O=C(NC1CC1)N1CCN(C(c2ccc(C(F)(F)F)cc2)c2cncnc2)CC1. The van der Waals surface area contributed by atoms with Crippen LogP contribution in [-0.4, -0.2) is 58.0 Å². The maximum absolute atomic E-state index is 12.9. The number of nitrogens with zero attached hydrogens (tertiary/aromatic N) is 4. The number of urea groups is 1. The summed E-state index contributed by atoms with van der Waals surface area (Å²) in [5.41, 5.74) is 0.873. The quantitative estimate of drug-likeness (QED) is 0.849. The number of amides is 2. The number of carbonyl (C=O) groups is 1. The number of carbonyl (C=O) groups excluding carboxylic acids is 1. The first-order valence-electron chi connectivity index (χ1n) is 9.63. The highest BCUT2D eigenvalue weighted by Crippen LogP contribution is 2.33. The second-order valence-corrected chi connectivity index (χ2v) is 7.44. The van der Waals surface area contributed by atoms with Crippen molar-refractivity contribution in [2.24, 2.45) is 0 Å². The van der Waals surface area contributed by atoms with Gasteiger partial charge in [-0.3, -0.25) is 4.90 Å². The molecule has 0 spiro atoms. The molecule has 1 aliphatic heterocycles. The van der Waals surface area contributed by atoms with Gasteiger partial charge in [-0.2, -0.15) is 13.2 Å². The fourth-order valence-corrected chi connectivity index (χ4v) is 3.60. The molecule has 1 N–H and O–H groups in total. The summed E-state index contributed by atoms with van der Waals surface area (Å²) in [4.78, 5) is 24.4. The molecular formula is C20H22F3N5O. The topological polar surface area (TPSA) is 61.4 Å². The second kappa shape index (κ2) is 7.98. The Kier molecular flexibility index (Phi) is 5.40. The van der Waals surface area contributed by atoms with Crippen LogP contribution in [0.2, 0.25) is 0 Å². The van der Waals surface area contributed by atoms with E-state index in [0.29, 0.717) is 32.2 Å². The Balaban J connectivity index is 1.52. The van der Waals surface area contributed by atoms with Gasteiger partial charge in [-0.15, -0.1) is 0 Å². The van der Waals surface area contributed by atoms with Crippen molar-refractivity contribution in [3.63, 3.8) is 0 Å². The average molecular weight is 405 g/mol. The Morgan fingerprint density at radius 1 is 1.00 bits per heavy atom. The van der Waals surface area contributed by atoms with Gasteiger partial charge < -0.3 is 10.2 Å². The molecule has 1 unspecified atom stereocenters. The molecule has 2 heterocycles. The third-order valence-electron chi connectivity index (χ3n) is 5.32. The highest BCUT2D eigenvalue weighted by molar-refractivity contribution is 5.75. The van der Waals surface area contributed by atoms with Crippen LogP contribution in [0.15, 0.2) is 43.0 Å². The van der Waals surface area contributed by atoms with Gasteiger partial charge in [-0.05, 0) is 30.5 Å². The van der Waals surface area contributed by atoms with Crippen LogP contribution < -0.4 is 5.32 Å². The van der Waals surface area contributed by atoms with Gasteiger partial charge in [0.1, 0.15) is 6.33 Å². The van der Waals surface area contributed by atoms with Crippen molar-refractivity contribution in [3.8, 4) is 0 Å². The van der Waals surface area contributed by atoms with Gasteiger partial charge in [0, 0.05) is 50.2 Å². The fraction of sp³-hybridized carbons (Fsp3) is 0.450. The molecule has 2 aliphatic rings. The van der Waals surface area contributed by atoms with Gasteiger partial charge in [0.15, 0.2) is 0 Å². The summed E-state index contributed by atoms with van der Waals surface area (Å²) in [5.74, 6) is 0. The Morgan fingerprint density at radius 2 is 1.62 bits per heavy atom. The van der Waals surface area contributed by atoms with Crippen molar-refractivity contribution >= 4 is 6.03 Å². The highest BCUT2D eigenvalue weighted by Gasteiger charge is 2.33. The molecule has 2 amide bonds. The third-order valence-corrected chi connectivity index (χ3v) is 5.32. The minimum atomic E-state index is -4.37. The van der Waals surface area contributed by atoms with E-state index in [1.165, 1.54) is 18.5 Å². The fourth-order valence-electron chi connectivity index (χ4n) is 3.60. The monoisotopic (exact) mass is 405 g/mol. The summed E-state index contributed by atoms with van der Waals surface area (Å²) in [6.07, 6.45) is 2.49. The van der Waals surface area contributed by atoms with Gasteiger partial charge in [0.25, 0.3) is 0 Å². The Labute approximate surface area is 166 Å². The van der Waals surface area contributed by atoms with E-state index in [0.717, 1.165) is 36.1 Å². The minimum absolute atomic E-state index is 0.0405. The molecular weight excluding hydrogens is 383 g/mol. The van der Waals surface area contributed by atoms with Crippen LogP contribution in [0.4, 0.5) is 18.0 Å². The number of aromatic nitrogens is 2. The lowest BCUT2D eigenvalue weighted by Crippen LogP contribution is -2.52. The Bertz CT molecular complexity index is 831. The van der Waals surface area contributed by atoms with Crippen LogP contribution in [0.3, 0.4) is 0 Å². The van der Waals surface area contributed by atoms with Crippen molar-refractivity contribution in [2.75, 3.05) is 26.2 Å². The number of alkyl halides is 3. The summed E-state index contributed by atoms with van der Waals surface area (Å²) < 4.78 is 38.8. The van der Waals surface area contributed by atoms with E-state index in [4.69, 9.17) is 0 Å². The van der Waals surface area contributed by atoms with Crippen molar-refractivity contribution in [1.29, 1.82) is 0 Å². The van der Waals surface area contributed by atoms with Crippen LogP contribution in [-0.2, 0) is 6.18 Å². The van der Waals surface area contributed by atoms with Crippen LogP contribution in [0.25, 0.3) is 0 Å². The lowest BCUT2D eigenvalue weighted by Gasteiger charge is -2.39. The summed E-state index contributed by atoms with van der Waals surface area (Å²) in [6, 6.07) is 5.21. The maximum Gasteiger partial charge on any atom is 0.416 e. The van der Waals surface area contributed by atoms with Crippen molar-refractivity contribution < 1.29 is 18.0 Å². The molecule has 29 heavy (non-hydrogen) atoms. The zero-order valence-electron chi connectivity index (χ0n) is 15.8. The predicted octanol–water partition coefficient (Wildman–Crippen LogP) is 3.07. The smallest absolute Gasteiger partial charge is 0.335 e. The number of hydrogen-bond donors (Lipinski definition) is 1. The molecule has 1 atom stereocenters. The van der Waals surface area contributed by atoms with Gasteiger partial charge in [-0.25, -0.2) is 14.8 Å². The predicted molar refractivity (Wildman–Crippen MR) is 100 cm³/mol. The van der Waals surface area contributed by atoms with Crippen LogP contribution >= 0.6 is 0 Å². The molecule has 0 radical (unpaired) electrons.